The van der Waals surface area contributed by atoms with E-state index in [1.807, 2.05) is 0 Å². The maximum absolute atomic E-state index is 12.9. The molecule has 5 nitrogen and oxygen atoms in total. The van der Waals surface area contributed by atoms with Crippen molar-refractivity contribution in [3.63, 3.8) is 0 Å². The Morgan fingerprint density at radius 3 is 2.43 bits per heavy atom. The van der Waals surface area contributed by atoms with Crippen LogP contribution in [0.4, 0.5) is 0 Å². The molecule has 2 aliphatic heterocycles. The largest absolute Gasteiger partial charge is 0.349 e. The molecule has 21 heavy (non-hydrogen) atoms. The lowest BCUT2D eigenvalue weighted by Gasteiger charge is -2.36. The summed E-state index contributed by atoms with van der Waals surface area (Å²) < 4.78 is 39.2. The van der Waals surface area contributed by atoms with Crippen LogP contribution < -0.4 is 0 Å². The van der Waals surface area contributed by atoms with Crippen molar-refractivity contribution in [2.45, 2.75) is 36.5 Å². The van der Waals surface area contributed by atoms with E-state index < -0.39 is 16.3 Å². The first kappa shape index (κ1) is 15.4. The summed E-state index contributed by atoms with van der Waals surface area (Å²) in [6, 6.07) is 6.51. The molecule has 1 aromatic rings. The summed E-state index contributed by atoms with van der Waals surface area (Å²) in [6.07, 6.45) is 2.22. The Kier molecular flexibility index (Phi) is 4.66. The van der Waals surface area contributed by atoms with Crippen LogP contribution in [0.5, 0.6) is 0 Å². The van der Waals surface area contributed by atoms with Gasteiger partial charge in [-0.3, -0.25) is 0 Å². The van der Waals surface area contributed by atoms with Crippen LogP contribution >= 0.6 is 15.9 Å². The number of hydrogen-bond donors (Lipinski definition) is 0. The SMILES string of the molecule is O=S(=O)(c1ccc(Br)cc1)N1CCCC[C@H]1C1OCCO1. The van der Waals surface area contributed by atoms with Gasteiger partial charge in [0, 0.05) is 11.0 Å². The zero-order valence-corrected chi connectivity index (χ0v) is 14.0. The molecule has 0 unspecified atom stereocenters. The third-order valence-corrected chi connectivity index (χ3v) is 6.35. The Hall–Kier alpha value is -0.470. The van der Waals surface area contributed by atoms with Crippen LogP contribution in [0.15, 0.2) is 33.6 Å². The molecule has 0 aliphatic carbocycles. The molecule has 1 aromatic carbocycles. The first-order valence-corrected chi connectivity index (χ1v) is 9.33. The van der Waals surface area contributed by atoms with Gasteiger partial charge in [-0.2, -0.15) is 4.31 Å². The molecule has 2 heterocycles. The number of nitrogens with zero attached hydrogens (tertiary/aromatic N) is 1. The van der Waals surface area contributed by atoms with E-state index in [4.69, 9.17) is 9.47 Å². The Morgan fingerprint density at radius 1 is 1.10 bits per heavy atom. The fourth-order valence-corrected chi connectivity index (χ4v) is 4.79. The van der Waals surface area contributed by atoms with E-state index in [-0.39, 0.29) is 6.04 Å². The molecule has 1 atom stereocenters. The highest BCUT2D eigenvalue weighted by atomic mass is 79.9. The van der Waals surface area contributed by atoms with Crippen molar-refractivity contribution < 1.29 is 17.9 Å². The van der Waals surface area contributed by atoms with Crippen molar-refractivity contribution in [1.29, 1.82) is 0 Å². The van der Waals surface area contributed by atoms with Crippen molar-refractivity contribution in [3.05, 3.63) is 28.7 Å². The van der Waals surface area contributed by atoms with E-state index in [2.05, 4.69) is 15.9 Å². The lowest BCUT2D eigenvalue weighted by atomic mass is 10.0. The number of sulfonamides is 1. The second-order valence-corrected chi connectivity index (χ2v) is 8.05. The molecule has 0 saturated carbocycles. The van der Waals surface area contributed by atoms with Gasteiger partial charge in [0.05, 0.1) is 24.2 Å². The van der Waals surface area contributed by atoms with Gasteiger partial charge >= 0.3 is 0 Å². The van der Waals surface area contributed by atoms with Gasteiger partial charge in [-0.25, -0.2) is 8.42 Å². The first-order chi connectivity index (χ1) is 10.1. The predicted molar refractivity (Wildman–Crippen MR) is 81.4 cm³/mol. The number of piperidine rings is 1. The van der Waals surface area contributed by atoms with Crippen LogP contribution in [0.1, 0.15) is 19.3 Å². The minimum atomic E-state index is -3.51. The molecule has 0 amide bonds. The van der Waals surface area contributed by atoms with E-state index in [1.165, 1.54) is 0 Å². The molecule has 0 bridgehead atoms. The van der Waals surface area contributed by atoms with E-state index in [9.17, 15) is 8.42 Å². The second kappa shape index (κ2) is 6.34. The van der Waals surface area contributed by atoms with Gasteiger partial charge < -0.3 is 9.47 Å². The zero-order chi connectivity index (χ0) is 14.9. The summed E-state index contributed by atoms with van der Waals surface area (Å²) in [5.74, 6) is 0. The molecule has 2 aliphatic rings. The first-order valence-electron chi connectivity index (χ1n) is 7.10. The minimum absolute atomic E-state index is 0.227. The Balaban J connectivity index is 1.89. The van der Waals surface area contributed by atoms with E-state index in [0.717, 1.165) is 23.7 Å². The normalized spacial score (nSPS) is 25.3. The topological polar surface area (TPSA) is 55.8 Å². The average molecular weight is 376 g/mol. The average Bonchev–Trinajstić information content (AvgIpc) is 3.02. The summed E-state index contributed by atoms with van der Waals surface area (Å²) in [5.41, 5.74) is 0. The van der Waals surface area contributed by atoms with Crippen LogP contribution in [0.25, 0.3) is 0 Å². The molecular formula is C14H18BrNO4S. The van der Waals surface area contributed by atoms with Gasteiger partial charge in [0.25, 0.3) is 0 Å². The van der Waals surface area contributed by atoms with Gasteiger partial charge in [0.1, 0.15) is 0 Å². The third kappa shape index (κ3) is 3.17. The Morgan fingerprint density at radius 2 is 1.76 bits per heavy atom. The zero-order valence-electron chi connectivity index (χ0n) is 11.6. The van der Waals surface area contributed by atoms with Gasteiger partial charge in [-0.15, -0.1) is 0 Å². The molecule has 116 valence electrons. The number of hydrogen-bond acceptors (Lipinski definition) is 4. The van der Waals surface area contributed by atoms with Crippen LogP contribution in [0.2, 0.25) is 0 Å². The summed E-state index contributed by atoms with van der Waals surface area (Å²) in [5, 5.41) is 0. The molecule has 0 spiro atoms. The van der Waals surface area contributed by atoms with Gasteiger partial charge in [0.15, 0.2) is 6.29 Å². The number of ether oxygens (including phenoxy) is 2. The fourth-order valence-electron chi connectivity index (χ4n) is 2.84. The molecular weight excluding hydrogens is 358 g/mol. The van der Waals surface area contributed by atoms with Crippen LogP contribution in [0.3, 0.4) is 0 Å². The number of rotatable bonds is 3. The highest BCUT2D eigenvalue weighted by Crippen LogP contribution is 2.30. The van der Waals surface area contributed by atoms with Crippen molar-refractivity contribution in [1.82, 2.24) is 4.31 Å². The fraction of sp³-hybridized carbons (Fsp3) is 0.571. The van der Waals surface area contributed by atoms with Crippen molar-refractivity contribution in [3.8, 4) is 0 Å². The summed E-state index contributed by atoms with van der Waals surface area (Å²) in [7, 11) is -3.51. The standard InChI is InChI=1S/C14H18BrNO4S/c15-11-4-6-12(7-5-11)21(17,18)16-8-2-1-3-13(16)14-19-9-10-20-14/h4-7,13-14H,1-3,8-10H2/t13-/m0/s1. The van der Waals surface area contributed by atoms with E-state index >= 15 is 0 Å². The highest BCUT2D eigenvalue weighted by molar-refractivity contribution is 9.10. The number of halogens is 1. The van der Waals surface area contributed by atoms with Crippen molar-refractivity contribution in [2.75, 3.05) is 19.8 Å². The smallest absolute Gasteiger partial charge is 0.243 e. The summed E-state index contributed by atoms with van der Waals surface area (Å²) >= 11 is 3.33. The predicted octanol–water partition coefficient (Wildman–Crippen LogP) is 2.37. The highest BCUT2D eigenvalue weighted by Gasteiger charge is 2.40. The quantitative estimate of drug-likeness (QED) is 0.813. The summed E-state index contributed by atoms with van der Waals surface area (Å²) in [4.78, 5) is 0.315. The molecule has 0 aromatic heterocycles. The Bertz CT molecular complexity index is 583. The maximum atomic E-state index is 12.9. The molecule has 2 fully saturated rings. The van der Waals surface area contributed by atoms with E-state index in [1.54, 1.807) is 28.6 Å². The molecule has 3 rings (SSSR count). The molecule has 0 N–H and O–H groups in total. The lowest BCUT2D eigenvalue weighted by Crippen LogP contribution is -2.50. The third-order valence-electron chi connectivity index (χ3n) is 3.88. The van der Waals surface area contributed by atoms with Gasteiger partial charge in [-0.1, -0.05) is 22.4 Å². The van der Waals surface area contributed by atoms with Gasteiger partial charge in [0.2, 0.25) is 10.0 Å². The van der Waals surface area contributed by atoms with Crippen molar-refractivity contribution >= 4 is 26.0 Å². The monoisotopic (exact) mass is 375 g/mol. The van der Waals surface area contributed by atoms with Gasteiger partial charge in [-0.05, 0) is 37.1 Å². The number of benzene rings is 1. The maximum Gasteiger partial charge on any atom is 0.243 e. The molecule has 0 radical (unpaired) electrons. The van der Waals surface area contributed by atoms with Crippen molar-refractivity contribution in [2.24, 2.45) is 0 Å². The summed E-state index contributed by atoms with van der Waals surface area (Å²) in [6.45, 7) is 1.59. The van der Waals surface area contributed by atoms with Crippen LogP contribution in [-0.4, -0.2) is 44.8 Å². The molecule has 2 saturated heterocycles. The lowest BCUT2D eigenvalue weighted by molar-refractivity contribution is -0.0913. The minimum Gasteiger partial charge on any atom is -0.349 e. The second-order valence-electron chi connectivity index (χ2n) is 5.24. The molecule has 7 heteroatoms. The van der Waals surface area contributed by atoms with E-state index in [0.29, 0.717) is 24.7 Å². The Labute approximate surface area is 133 Å². The van der Waals surface area contributed by atoms with Crippen LogP contribution in [-0.2, 0) is 19.5 Å². The van der Waals surface area contributed by atoms with Crippen LogP contribution in [0, 0.1) is 0 Å².